The highest BCUT2D eigenvalue weighted by Gasteiger charge is 2.34. The standard InChI is InChI=1S/C23H24N2O3S/c1-16(2)17-11-13-19(14-12-17)24-22(26)10-5-15-25-20-8-3-6-18-7-4-9-21(23(18)20)29(25,27)28/h3-4,6-9,11-14,16H,5,10,15H2,1-2H3,(H,24,26). The summed E-state index contributed by atoms with van der Waals surface area (Å²) in [5.41, 5.74) is 2.67. The first kappa shape index (κ1) is 19.5. The molecule has 0 saturated carbocycles. The quantitative estimate of drug-likeness (QED) is 0.631. The smallest absolute Gasteiger partial charge is 0.265 e. The van der Waals surface area contributed by atoms with Crippen LogP contribution < -0.4 is 9.62 Å². The van der Waals surface area contributed by atoms with Gasteiger partial charge in [0.05, 0.1) is 10.6 Å². The van der Waals surface area contributed by atoms with Crippen molar-refractivity contribution in [1.29, 1.82) is 0 Å². The lowest BCUT2D eigenvalue weighted by Gasteiger charge is -2.18. The van der Waals surface area contributed by atoms with E-state index in [0.717, 1.165) is 16.5 Å². The minimum atomic E-state index is -3.57. The first-order valence-corrected chi connectivity index (χ1v) is 11.3. The van der Waals surface area contributed by atoms with Crippen molar-refractivity contribution in [3.05, 3.63) is 66.2 Å². The van der Waals surface area contributed by atoms with Gasteiger partial charge in [0.15, 0.2) is 0 Å². The molecule has 4 rings (SSSR count). The summed E-state index contributed by atoms with van der Waals surface area (Å²) in [4.78, 5) is 12.6. The second-order valence-corrected chi connectivity index (χ2v) is 9.47. The van der Waals surface area contributed by atoms with Crippen LogP contribution >= 0.6 is 0 Å². The van der Waals surface area contributed by atoms with E-state index in [9.17, 15) is 13.2 Å². The predicted octanol–water partition coefficient (Wildman–Crippen LogP) is 4.89. The number of carbonyl (C=O) groups is 1. The van der Waals surface area contributed by atoms with Crippen molar-refractivity contribution < 1.29 is 13.2 Å². The molecule has 0 aliphatic carbocycles. The lowest BCUT2D eigenvalue weighted by atomic mass is 10.0. The van der Waals surface area contributed by atoms with Crippen LogP contribution in [0.4, 0.5) is 11.4 Å². The Labute approximate surface area is 171 Å². The van der Waals surface area contributed by atoms with Crippen LogP contribution in [0.2, 0.25) is 0 Å². The van der Waals surface area contributed by atoms with Crippen molar-refractivity contribution in [2.24, 2.45) is 0 Å². The van der Waals surface area contributed by atoms with Gasteiger partial charge in [0.1, 0.15) is 0 Å². The molecule has 3 aromatic rings. The zero-order chi connectivity index (χ0) is 20.6. The van der Waals surface area contributed by atoms with Crippen molar-refractivity contribution in [3.8, 4) is 0 Å². The van der Waals surface area contributed by atoms with E-state index in [0.29, 0.717) is 22.9 Å². The third-order valence-electron chi connectivity index (χ3n) is 5.31. The van der Waals surface area contributed by atoms with Crippen LogP contribution in [0.5, 0.6) is 0 Å². The first-order chi connectivity index (χ1) is 13.9. The maximum absolute atomic E-state index is 12.9. The minimum absolute atomic E-state index is 0.116. The molecule has 29 heavy (non-hydrogen) atoms. The Morgan fingerprint density at radius 2 is 1.69 bits per heavy atom. The minimum Gasteiger partial charge on any atom is -0.326 e. The highest BCUT2D eigenvalue weighted by atomic mass is 32.2. The van der Waals surface area contributed by atoms with E-state index in [1.54, 1.807) is 12.1 Å². The zero-order valence-electron chi connectivity index (χ0n) is 16.6. The second kappa shape index (κ2) is 7.52. The summed E-state index contributed by atoms with van der Waals surface area (Å²) in [6.45, 7) is 4.52. The Hall–Kier alpha value is -2.86. The monoisotopic (exact) mass is 408 g/mol. The molecule has 0 unspecified atom stereocenters. The molecule has 0 saturated heterocycles. The van der Waals surface area contributed by atoms with Gasteiger partial charge in [-0.05, 0) is 47.6 Å². The van der Waals surface area contributed by atoms with Gasteiger partial charge in [-0.3, -0.25) is 9.10 Å². The van der Waals surface area contributed by atoms with Gasteiger partial charge in [0.25, 0.3) is 10.0 Å². The van der Waals surface area contributed by atoms with E-state index >= 15 is 0 Å². The molecular weight excluding hydrogens is 384 g/mol. The van der Waals surface area contributed by atoms with E-state index in [4.69, 9.17) is 0 Å². The maximum atomic E-state index is 12.9. The van der Waals surface area contributed by atoms with Crippen molar-refractivity contribution in [3.63, 3.8) is 0 Å². The Kier molecular flexibility index (Phi) is 5.04. The molecular formula is C23H24N2O3S. The molecule has 5 nitrogen and oxygen atoms in total. The van der Waals surface area contributed by atoms with E-state index in [1.165, 1.54) is 9.87 Å². The second-order valence-electron chi connectivity index (χ2n) is 7.64. The maximum Gasteiger partial charge on any atom is 0.265 e. The van der Waals surface area contributed by atoms with Gasteiger partial charge in [-0.2, -0.15) is 0 Å². The average Bonchev–Trinajstić information content (AvgIpc) is 2.92. The summed E-state index contributed by atoms with van der Waals surface area (Å²) >= 11 is 0. The van der Waals surface area contributed by atoms with Crippen LogP contribution in [0.15, 0.2) is 65.6 Å². The molecule has 0 fully saturated rings. The average molecular weight is 409 g/mol. The van der Waals surface area contributed by atoms with E-state index in [-0.39, 0.29) is 18.9 Å². The summed E-state index contributed by atoms with van der Waals surface area (Å²) in [6, 6.07) is 18.7. The molecule has 1 amide bonds. The number of rotatable bonds is 6. The Bertz CT molecular complexity index is 1160. The van der Waals surface area contributed by atoms with Gasteiger partial charge in [0, 0.05) is 24.0 Å². The molecule has 1 aliphatic rings. The number of amides is 1. The van der Waals surface area contributed by atoms with Crippen molar-refractivity contribution >= 4 is 38.1 Å². The number of sulfonamides is 1. The largest absolute Gasteiger partial charge is 0.326 e. The number of hydrogen-bond donors (Lipinski definition) is 1. The fraction of sp³-hybridized carbons (Fsp3) is 0.261. The molecule has 6 heteroatoms. The fourth-order valence-electron chi connectivity index (χ4n) is 3.76. The summed E-state index contributed by atoms with van der Waals surface area (Å²) in [7, 11) is -3.57. The number of anilines is 2. The summed E-state index contributed by atoms with van der Waals surface area (Å²) in [6.07, 6.45) is 0.698. The third-order valence-corrected chi connectivity index (χ3v) is 7.16. The summed E-state index contributed by atoms with van der Waals surface area (Å²) in [5, 5.41) is 4.56. The summed E-state index contributed by atoms with van der Waals surface area (Å²) < 4.78 is 27.3. The van der Waals surface area contributed by atoms with Crippen LogP contribution in [0.1, 0.15) is 38.2 Å². The molecule has 0 aromatic heterocycles. The number of hydrogen-bond acceptors (Lipinski definition) is 3. The molecule has 0 radical (unpaired) electrons. The number of nitrogens with zero attached hydrogens (tertiary/aromatic N) is 1. The van der Waals surface area contributed by atoms with Gasteiger partial charge >= 0.3 is 0 Å². The predicted molar refractivity (Wildman–Crippen MR) is 117 cm³/mol. The van der Waals surface area contributed by atoms with Crippen LogP contribution in [0.3, 0.4) is 0 Å². The van der Waals surface area contributed by atoms with Crippen LogP contribution in [-0.2, 0) is 14.8 Å². The molecule has 1 heterocycles. The number of nitrogens with one attached hydrogen (secondary N) is 1. The molecule has 0 spiro atoms. The van der Waals surface area contributed by atoms with Crippen molar-refractivity contribution in [2.75, 3.05) is 16.2 Å². The van der Waals surface area contributed by atoms with Crippen molar-refractivity contribution in [2.45, 2.75) is 37.5 Å². The lowest BCUT2D eigenvalue weighted by molar-refractivity contribution is -0.116. The Balaban J connectivity index is 1.41. The molecule has 150 valence electrons. The lowest BCUT2D eigenvalue weighted by Crippen LogP contribution is -2.28. The van der Waals surface area contributed by atoms with Crippen molar-refractivity contribution in [1.82, 2.24) is 0 Å². The van der Waals surface area contributed by atoms with Crippen LogP contribution in [0, 0.1) is 0 Å². The highest BCUT2D eigenvalue weighted by molar-refractivity contribution is 7.93. The molecule has 1 aliphatic heterocycles. The molecule has 1 N–H and O–H groups in total. The summed E-state index contributed by atoms with van der Waals surface area (Å²) in [5.74, 6) is 0.324. The fourth-order valence-corrected chi connectivity index (χ4v) is 5.51. The normalized spacial score (nSPS) is 14.5. The van der Waals surface area contributed by atoms with Gasteiger partial charge in [-0.1, -0.05) is 50.2 Å². The molecule has 0 bridgehead atoms. The van der Waals surface area contributed by atoms with E-state index in [2.05, 4.69) is 19.2 Å². The van der Waals surface area contributed by atoms with Gasteiger partial charge in [-0.25, -0.2) is 8.42 Å². The third kappa shape index (κ3) is 3.60. The Morgan fingerprint density at radius 1 is 1.00 bits per heavy atom. The highest BCUT2D eigenvalue weighted by Crippen LogP contribution is 2.41. The van der Waals surface area contributed by atoms with E-state index in [1.807, 2.05) is 48.5 Å². The zero-order valence-corrected chi connectivity index (χ0v) is 17.4. The van der Waals surface area contributed by atoms with Gasteiger partial charge in [0.2, 0.25) is 5.91 Å². The Morgan fingerprint density at radius 3 is 2.38 bits per heavy atom. The van der Waals surface area contributed by atoms with Gasteiger partial charge in [-0.15, -0.1) is 0 Å². The first-order valence-electron chi connectivity index (χ1n) is 9.82. The molecule has 3 aromatic carbocycles. The topological polar surface area (TPSA) is 66.5 Å². The van der Waals surface area contributed by atoms with E-state index < -0.39 is 10.0 Å². The number of carbonyl (C=O) groups excluding carboxylic acids is 1. The van der Waals surface area contributed by atoms with Gasteiger partial charge < -0.3 is 5.32 Å². The molecule has 0 atom stereocenters. The van der Waals surface area contributed by atoms with Crippen LogP contribution in [0.25, 0.3) is 10.8 Å². The SMILES string of the molecule is CC(C)c1ccc(NC(=O)CCCN2c3cccc4cccc(c34)S2(=O)=O)cc1. The van der Waals surface area contributed by atoms with Crippen LogP contribution in [-0.4, -0.2) is 20.9 Å². The number of benzene rings is 3.